The molecule has 34 heavy (non-hydrogen) atoms. The molecule has 1 fully saturated rings. The maximum absolute atomic E-state index is 13.5. The monoisotopic (exact) mass is 476 g/mol. The van der Waals surface area contributed by atoms with E-state index in [0.29, 0.717) is 43.7 Å². The van der Waals surface area contributed by atoms with Gasteiger partial charge in [-0.05, 0) is 56.8 Å². The molecule has 1 aliphatic rings. The summed E-state index contributed by atoms with van der Waals surface area (Å²) in [5.74, 6) is -0.542. The van der Waals surface area contributed by atoms with Crippen LogP contribution in [0.2, 0.25) is 0 Å². The third-order valence-corrected chi connectivity index (χ3v) is 5.84. The fraction of sp³-hybridized carbons (Fsp3) is 0.440. The van der Waals surface area contributed by atoms with Gasteiger partial charge < -0.3 is 20.0 Å². The van der Waals surface area contributed by atoms with Crippen LogP contribution in [0, 0.1) is 5.92 Å². The predicted molar refractivity (Wildman–Crippen MR) is 125 cm³/mol. The molecule has 3 amide bonds. The van der Waals surface area contributed by atoms with Crippen LogP contribution in [-0.2, 0) is 17.5 Å². The van der Waals surface area contributed by atoms with Gasteiger partial charge in [0.1, 0.15) is 0 Å². The van der Waals surface area contributed by atoms with Crippen LogP contribution in [0.3, 0.4) is 0 Å². The van der Waals surface area contributed by atoms with Crippen molar-refractivity contribution in [1.29, 1.82) is 0 Å². The molecule has 1 unspecified atom stereocenters. The van der Waals surface area contributed by atoms with E-state index >= 15 is 0 Å². The van der Waals surface area contributed by atoms with Crippen molar-refractivity contribution in [3.8, 4) is 0 Å². The largest absolute Gasteiger partial charge is 0.416 e. The Morgan fingerprint density at radius 3 is 2.47 bits per heavy atom. The lowest BCUT2D eigenvalue weighted by atomic mass is 9.96. The van der Waals surface area contributed by atoms with Crippen LogP contribution in [-0.4, -0.2) is 66.9 Å². The first-order valence-corrected chi connectivity index (χ1v) is 11.3. The zero-order valence-corrected chi connectivity index (χ0v) is 19.5. The van der Waals surface area contributed by atoms with E-state index in [4.69, 9.17) is 0 Å². The molecule has 1 atom stereocenters. The zero-order valence-electron chi connectivity index (χ0n) is 19.5. The number of amides is 3. The van der Waals surface area contributed by atoms with Gasteiger partial charge in [-0.15, -0.1) is 0 Å². The van der Waals surface area contributed by atoms with Crippen molar-refractivity contribution in [2.45, 2.75) is 25.6 Å². The SMILES string of the molecule is CN(C)CCN(Cc1cccc(C(F)(F)F)c1)C(=O)C1CCCN(C(=O)Nc2ccccc2)C1. The van der Waals surface area contributed by atoms with Gasteiger partial charge in [-0.1, -0.05) is 30.3 Å². The average Bonchev–Trinajstić information content (AvgIpc) is 2.81. The number of halogens is 3. The van der Waals surface area contributed by atoms with Crippen molar-refractivity contribution in [2.75, 3.05) is 45.6 Å². The van der Waals surface area contributed by atoms with Crippen LogP contribution in [0.15, 0.2) is 54.6 Å². The quantitative estimate of drug-likeness (QED) is 0.639. The maximum atomic E-state index is 13.5. The van der Waals surface area contributed by atoms with Gasteiger partial charge in [0.25, 0.3) is 0 Å². The topological polar surface area (TPSA) is 55.9 Å². The summed E-state index contributed by atoms with van der Waals surface area (Å²) in [6, 6.07) is 13.9. The number of nitrogens with zero attached hydrogens (tertiary/aromatic N) is 3. The number of nitrogens with one attached hydrogen (secondary N) is 1. The normalized spacial score (nSPS) is 16.4. The average molecular weight is 477 g/mol. The smallest absolute Gasteiger partial charge is 0.337 e. The summed E-state index contributed by atoms with van der Waals surface area (Å²) in [5.41, 5.74) is 0.376. The van der Waals surface area contributed by atoms with E-state index in [1.54, 1.807) is 28.0 Å². The van der Waals surface area contributed by atoms with E-state index in [-0.39, 0.29) is 25.0 Å². The number of hydrogen-bond acceptors (Lipinski definition) is 3. The number of alkyl halides is 3. The summed E-state index contributed by atoms with van der Waals surface area (Å²) in [7, 11) is 3.76. The predicted octanol–water partition coefficient (Wildman–Crippen LogP) is 4.54. The summed E-state index contributed by atoms with van der Waals surface area (Å²) >= 11 is 0. The highest BCUT2D eigenvalue weighted by Crippen LogP contribution is 2.30. The highest BCUT2D eigenvalue weighted by atomic mass is 19.4. The first-order chi connectivity index (χ1) is 16.1. The fourth-order valence-electron chi connectivity index (χ4n) is 4.00. The highest BCUT2D eigenvalue weighted by molar-refractivity contribution is 5.90. The lowest BCUT2D eigenvalue weighted by Gasteiger charge is -2.35. The van der Waals surface area contributed by atoms with Gasteiger partial charge in [-0.2, -0.15) is 13.2 Å². The number of hydrogen-bond donors (Lipinski definition) is 1. The molecule has 0 aliphatic carbocycles. The number of carbonyl (C=O) groups excluding carboxylic acids is 2. The second kappa shape index (κ2) is 11.4. The fourth-order valence-corrected chi connectivity index (χ4v) is 4.00. The van der Waals surface area contributed by atoms with Crippen molar-refractivity contribution < 1.29 is 22.8 Å². The molecule has 1 saturated heterocycles. The van der Waals surface area contributed by atoms with Gasteiger partial charge in [0, 0.05) is 38.4 Å². The lowest BCUT2D eigenvalue weighted by molar-refractivity contribution is -0.137. The van der Waals surface area contributed by atoms with Crippen molar-refractivity contribution in [3.63, 3.8) is 0 Å². The molecule has 0 aromatic heterocycles. The molecular weight excluding hydrogens is 445 g/mol. The van der Waals surface area contributed by atoms with Crippen LogP contribution in [0.25, 0.3) is 0 Å². The Bertz CT molecular complexity index is 966. The summed E-state index contributed by atoms with van der Waals surface area (Å²) in [5, 5.41) is 2.85. The Morgan fingerprint density at radius 1 is 1.06 bits per heavy atom. The third-order valence-electron chi connectivity index (χ3n) is 5.84. The minimum atomic E-state index is -4.44. The molecule has 0 saturated carbocycles. The Hall–Kier alpha value is -3.07. The number of carbonyl (C=O) groups is 2. The molecule has 2 aromatic carbocycles. The van der Waals surface area contributed by atoms with Crippen LogP contribution >= 0.6 is 0 Å². The van der Waals surface area contributed by atoms with Crippen molar-refractivity contribution >= 4 is 17.6 Å². The van der Waals surface area contributed by atoms with Gasteiger partial charge in [0.2, 0.25) is 5.91 Å². The second-order valence-electron chi connectivity index (χ2n) is 8.84. The molecule has 1 N–H and O–H groups in total. The van der Waals surface area contributed by atoms with Gasteiger partial charge in [-0.25, -0.2) is 4.79 Å². The Kier molecular flexibility index (Phi) is 8.55. The van der Waals surface area contributed by atoms with E-state index in [1.165, 1.54) is 6.07 Å². The summed E-state index contributed by atoms with van der Waals surface area (Å²) in [4.78, 5) is 31.3. The molecule has 0 radical (unpaired) electrons. The number of anilines is 1. The standard InChI is InChI=1S/C25H31F3N4O2/c1-30(2)14-15-31(17-19-8-6-10-21(16-19)25(26,27)28)23(33)20-9-7-13-32(18-20)24(34)29-22-11-4-3-5-12-22/h3-6,8,10-12,16,20H,7,9,13-15,17-18H2,1-2H3,(H,29,34). The Labute approximate surface area is 198 Å². The van der Waals surface area contributed by atoms with Gasteiger partial charge in [-0.3, -0.25) is 4.79 Å². The van der Waals surface area contributed by atoms with E-state index < -0.39 is 17.7 Å². The van der Waals surface area contributed by atoms with Gasteiger partial charge in [0.15, 0.2) is 0 Å². The number of likely N-dealkylation sites (N-methyl/N-ethyl adjacent to an activating group) is 1. The number of likely N-dealkylation sites (tertiary alicyclic amines) is 1. The molecule has 0 spiro atoms. The second-order valence-corrected chi connectivity index (χ2v) is 8.84. The molecular formula is C25H31F3N4O2. The number of urea groups is 1. The van der Waals surface area contributed by atoms with E-state index in [9.17, 15) is 22.8 Å². The molecule has 2 aromatic rings. The molecule has 6 nitrogen and oxygen atoms in total. The maximum Gasteiger partial charge on any atom is 0.416 e. The number of piperidine rings is 1. The molecule has 1 aliphatic heterocycles. The number of para-hydroxylation sites is 1. The Morgan fingerprint density at radius 2 is 1.79 bits per heavy atom. The van der Waals surface area contributed by atoms with Crippen molar-refractivity contribution in [1.82, 2.24) is 14.7 Å². The van der Waals surface area contributed by atoms with E-state index in [1.807, 2.05) is 37.2 Å². The van der Waals surface area contributed by atoms with Crippen LogP contribution in [0.1, 0.15) is 24.0 Å². The molecule has 3 rings (SSSR count). The van der Waals surface area contributed by atoms with Crippen LogP contribution < -0.4 is 5.32 Å². The van der Waals surface area contributed by atoms with Crippen molar-refractivity contribution in [3.05, 3.63) is 65.7 Å². The highest BCUT2D eigenvalue weighted by Gasteiger charge is 2.33. The van der Waals surface area contributed by atoms with Crippen molar-refractivity contribution in [2.24, 2.45) is 5.92 Å². The number of benzene rings is 2. The first kappa shape index (κ1) is 25.6. The first-order valence-electron chi connectivity index (χ1n) is 11.3. The van der Waals surface area contributed by atoms with Crippen LogP contribution in [0.5, 0.6) is 0 Å². The molecule has 184 valence electrons. The van der Waals surface area contributed by atoms with Crippen LogP contribution in [0.4, 0.5) is 23.7 Å². The molecule has 1 heterocycles. The van der Waals surface area contributed by atoms with Gasteiger partial charge in [0.05, 0.1) is 11.5 Å². The van der Waals surface area contributed by atoms with Gasteiger partial charge >= 0.3 is 12.2 Å². The third kappa shape index (κ3) is 7.21. The number of rotatable bonds is 7. The van der Waals surface area contributed by atoms with E-state index in [2.05, 4.69) is 5.32 Å². The summed E-state index contributed by atoms with van der Waals surface area (Å²) in [6.07, 6.45) is -3.12. The minimum Gasteiger partial charge on any atom is -0.337 e. The Balaban J connectivity index is 1.70. The summed E-state index contributed by atoms with van der Waals surface area (Å²) in [6.45, 7) is 1.88. The lowest BCUT2D eigenvalue weighted by Crippen LogP contribution is -2.48. The summed E-state index contributed by atoms with van der Waals surface area (Å²) < 4.78 is 39.5. The zero-order chi connectivity index (χ0) is 24.7. The minimum absolute atomic E-state index is 0.0866. The van der Waals surface area contributed by atoms with E-state index in [0.717, 1.165) is 12.1 Å². The molecule has 9 heteroatoms. The molecule has 0 bridgehead atoms.